The van der Waals surface area contributed by atoms with Crippen molar-refractivity contribution in [3.63, 3.8) is 0 Å². The first-order chi connectivity index (χ1) is 9.02. The van der Waals surface area contributed by atoms with Gasteiger partial charge in [-0.2, -0.15) is 0 Å². The maximum atomic E-state index is 12.7. The van der Waals surface area contributed by atoms with Crippen molar-refractivity contribution in [1.29, 1.82) is 0 Å². The number of aryl methyl sites for hydroxylation is 1. The van der Waals surface area contributed by atoms with E-state index in [0.717, 1.165) is 17.7 Å². The first kappa shape index (κ1) is 13.9. The summed E-state index contributed by atoms with van der Waals surface area (Å²) in [6.07, 6.45) is -1.77. The van der Waals surface area contributed by atoms with Crippen LogP contribution in [0.3, 0.4) is 0 Å². The fraction of sp³-hybridized carbons (Fsp3) is 0.286. The van der Waals surface area contributed by atoms with Gasteiger partial charge >= 0.3 is 0 Å². The van der Waals surface area contributed by atoms with Crippen LogP contribution >= 0.6 is 11.6 Å². The maximum absolute atomic E-state index is 12.7. The van der Waals surface area contributed by atoms with Crippen LogP contribution in [-0.2, 0) is 6.42 Å². The van der Waals surface area contributed by atoms with E-state index < -0.39 is 6.43 Å². The molecule has 0 N–H and O–H groups in total. The second kappa shape index (κ2) is 5.61. The van der Waals surface area contributed by atoms with Crippen LogP contribution in [-0.4, -0.2) is 9.97 Å². The molecule has 0 saturated carbocycles. The van der Waals surface area contributed by atoms with Crippen molar-refractivity contribution in [2.24, 2.45) is 0 Å². The minimum Gasteiger partial charge on any atom is -0.233 e. The third-order valence-corrected chi connectivity index (χ3v) is 3.23. The van der Waals surface area contributed by atoms with Gasteiger partial charge in [-0.3, -0.25) is 0 Å². The first-order valence-electron chi connectivity index (χ1n) is 5.94. The van der Waals surface area contributed by atoms with Gasteiger partial charge in [0.25, 0.3) is 6.43 Å². The van der Waals surface area contributed by atoms with Crippen molar-refractivity contribution < 1.29 is 8.78 Å². The van der Waals surface area contributed by atoms with Crippen molar-refractivity contribution in [3.8, 4) is 11.4 Å². The summed E-state index contributed by atoms with van der Waals surface area (Å²) in [6.45, 7) is 3.81. The zero-order valence-electron chi connectivity index (χ0n) is 10.6. The molecule has 0 bridgehead atoms. The smallest absolute Gasteiger partial charge is 0.233 e. The lowest BCUT2D eigenvalue weighted by atomic mass is 10.1. The second-order valence-corrected chi connectivity index (χ2v) is 4.54. The Balaban J connectivity index is 2.50. The number of benzene rings is 1. The van der Waals surface area contributed by atoms with Gasteiger partial charge in [0.05, 0.1) is 0 Å². The molecule has 1 aromatic carbocycles. The van der Waals surface area contributed by atoms with Gasteiger partial charge < -0.3 is 0 Å². The lowest BCUT2D eigenvalue weighted by molar-refractivity contribution is 0.151. The number of rotatable bonds is 3. The Morgan fingerprint density at radius 2 is 2.00 bits per heavy atom. The SMILES string of the molecule is CCc1c(C)nc(-c2cccc(C(F)F)c2)nc1Cl. The summed E-state index contributed by atoms with van der Waals surface area (Å²) >= 11 is 6.09. The molecule has 2 aromatic rings. The number of hydrogen-bond acceptors (Lipinski definition) is 2. The van der Waals surface area contributed by atoms with E-state index in [1.54, 1.807) is 12.1 Å². The summed E-state index contributed by atoms with van der Waals surface area (Å²) in [6, 6.07) is 6.03. The van der Waals surface area contributed by atoms with Crippen LogP contribution in [0.15, 0.2) is 24.3 Å². The van der Waals surface area contributed by atoms with Gasteiger partial charge in [0.1, 0.15) is 5.15 Å². The van der Waals surface area contributed by atoms with Crippen molar-refractivity contribution in [1.82, 2.24) is 9.97 Å². The molecular formula is C14H13ClF2N2. The lowest BCUT2D eigenvalue weighted by Crippen LogP contribution is -1.99. The molecule has 1 aromatic heterocycles. The van der Waals surface area contributed by atoms with E-state index in [1.807, 2.05) is 13.8 Å². The highest BCUT2D eigenvalue weighted by atomic mass is 35.5. The number of alkyl halides is 2. The van der Waals surface area contributed by atoms with E-state index in [4.69, 9.17) is 11.6 Å². The normalized spacial score (nSPS) is 11.1. The summed E-state index contributed by atoms with van der Waals surface area (Å²) in [5.74, 6) is 0.377. The second-order valence-electron chi connectivity index (χ2n) is 4.18. The van der Waals surface area contributed by atoms with Crippen LogP contribution in [0.25, 0.3) is 11.4 Å². The van der Waals surface area contributed by atoms with Gasteiger partial charge in [-0.1, -0.05) is 36.7 Å². The zero-order chi connectivity index (χ0) is 14.0. The molecule has 19 heavy (non-hydrogen) atoms. The first-order valence-corrected chi connectivity index (χ1v) is 6.32. The third kappa shape index (κ3) is 2.89. The molecule has 0 unspecified atom stereocenters. The molecule has 100 valence electrons. The summed E-state index contributed by atoms with van der Waals surface area (Å²) in [5, 5.41) is 0.382. The van der Waals surface area contributed by atoms with Gasteiger partial charge in [-0.15, -0.1) is 0 Å². The van der Waals surface area contributed by atoms with E-state index in [0.29, 0.717) is 16.5 Å². The highest BCUT2D eigenvalue weighted by Crippen LogP contribution is 2.26. The molecule has 0 aliphatic heterocycles. The molecule has 1 heterocycles. The molecule has 2 rings (SSSR count). The summed E-state index contributed by atoms with van der Waals surface area (Å²) < 4.78 is 25.3. The third-order valence-electron chi connectivity index (χ3n) is 2.91. The molecule has 0 spiro atoms. The topological polar surface area (TPSA) is 25.8 Å². The van der Waals surface area contributed by atoms with Crippen molar-refractivity contribution in [2.45, 2.75) is 26.7 Å². The molecule has 2 nitrogen and oxygen atoms in total. The van der Waals surface area contributed by atoms with E-state index in [-0.39, 0.29) is 5.56 Å². The quantitative estimate of drug-likeness (QED) is 0.769. The summed E-state index contributed by atoms with van der Waals surface area (Å²) in [5.41, 5.74) is 2.16. The monoisotopic (exact) mass is 282 g/mol. The van der Waals surface area contributed by atoms with Gasteiger partial charge in [0.15, 0.2) is 5.82 Å². The summed E-state index contributed by atoms with van der Waals surface area (Å²) in [4.78, 5) is 8.52. The van der Waals surface area contributed by atoms with Gasteiger partial charge in [0.2, 0.25) is 0 Å². The van der Waals surface area contributed by atoms with Crippen LogP contribution < -0.4 is 0 Å². The predicted molar refractivity (Wildman–Crippen MR) is 71.6 cm³/mol. The number of hydrogen-bond donors (Lipinski definition) is 0. The Bertz CT molecular complexity index is 577. The molecule has 0 amide bonds. The number of aromatic nitrogens is 2. The Morgan fingerprint density at radius 3 is 2.58 bits per heavy atom. The van der Waals surface area contributed by atoms with Crippen LogP contribution in [0.2, 0.25) is 5.15 Å². The summed E-state index contributed by atoms with van der Waals surface area (Å²) in [7, 11) is 0. The van der Waals surface area contributed by atoms with Crippen LogP contribution in [0.4, 0.5) is 8.78 Å². The highest BCUT2D eigenvalue weighted by molar-refractivity contribution is 6.30. The molecule has 0 fully saturated rings. The van der Waals surface area contributed by atoms with Crippen LogP contribution in [0, 0.1) is 6.92 Å². The standard InChI is InChI=1S/C14H13ClF2N2/c1-3-11-8(2)18-14(19-12(11)15)10-6-4-5-9(7-10)13(16)17/h4-7,13H,3H2,1-2H3. The Labute approximate surface area is 115 Å². The van der Waals surface area contributed by atoms with E-state index in [2.05, 4.69) is 9.97 Å². The molecule has 0 atom stereocenters. The number of nitrogens with zero attached hydrogens (tertiary/aromatic N) is 2. The van der Waals surface area contributed by atoms with Crippen LogP contribution in [0.1, 0.15) is 30.2 Å². The van der Waals surface area contributed by atoms with Gasteiger partial charge in [-0.05, 0) is 19.4 Å². The fourth-order valence-corrected chi connectivity index (χ4v) is 2.26. The van der Waals surface area contributed by atoms with Crippen molar-refractivity contribution in [2.75, 3.05) is 0 Å². The van der Waals surface area contributed by atoms with E-state index >= 15 is 0 Å². The fourth-order valence-electron chi connectivity index (χ4n) is 1.91. The average molecular weight is 283 g/mol. The lowest BCUT2D eigenvalue weighted by Gasteiger charge is -2.08. The Hall–Kier alpha value is -1.55. The molecule has 5 heteroatoms. The van der Waals surface area contributed by atoms with E-state index in [9.17, 15) is 8.78 Å². The largest absolute Gasteiger partial charge is 0.263 e. The molecule has 0 aliphatic carbocycles. The molecule has 0 aliphatic rings. The molecule has 0 saturated heterocycles. The Morgan fingerprint density at radius 1 is 1.26 bits per heavy atom. The minimum absolute atomic E-state index is 0.0468. The molecule has 0 radical (unpaired) electrons. The Kier molecular flexibility index (Phi) is 4.10. The predicted octanol–water partition coefficient (Wildman–Crippen LogP) is 4.61. The van der Waals surface area contributed by atoms with Crippen molar-refractivity contribution >= 4 is 11.6 Å². The maximum Gasteiger partial charge on any atom is 0.263 e. The average Bonchev–Trinajstić information content (AvgIpc) is 2.38. The van der Waals surface area contributed by atoms with Gasteiger partial charge in [-0.25, -0.2) is 18.7 Å². The van der Waals surface area contributed by atoms with Crippen LogP contribution in [0.5, 0.6) is 0 Å². The van der Waals surface area contributed by atoms with Gasteiger partial charge in [0, 0.05) is 22.4 Å². The highest BCUT2D eigenvalue weighted by Gasteiger charge is 2.12. The van der Waals surface area contributed by atoms with E-state index in [1.165, 1.54) is 12.1 Å². The zero-order valence-corrected chi connectivity index (χ0v) is 11.4. The number of halogens is 3. The molecular weight excluding hydrogens is 270 g/mol. The van der Waals surface area contributed by atoms with Crippen molar-refractivity contribution in [3.05, 3.63) is 46.2 Å². The minimum atomic E-state index is -2.51.